The predicted molar refractivity (Wildman–Crippen MR) is 72.4 cm³/mol. The van der Waals surface area contributed by atoms with Gasteiger partial charge in [0.2, 0.25) is 10.0 Å². The van der Waals surface area contributed by atoms with Gasteiger partial charge in [-0.1, -0.05) is 23.7 Å². The third kappa shape index (κ3) is 2.40. The topological polar surface area (TPSA) is 49.4 Å². The van der Waals surface area contributed by atoms with E-state index in [0.717, 1.165) is 5.56 Å². The van der Waals surface area contributed by atoms with Crippen molar-refractivity contribution in [2.75, 3.05) is 19.6 Å². The van der Waals surface area contributed by atoms with Crippen molar-refractivity contribution in [3.63, 3.8) is 0 Å². The predicted octanol–water partition coefficient (Wildman–Crippen LogP) is 1.63. The quantitative estimate of drug-likeness (QED) is 0.900. The minimum absolute atomic E-state index is 0.0553. The van der Waals surface area contributed by atoms with Crippen molar-refractivity contribution in [2.45, 2.75) is 24.8 Å². The summed E-state index contributed by atoms with van der Waals surface area (Å²) in [7, 11) is -3.50. The number of nitrogens with zero attached hydrogens (tertiary/aromatic N) is 1. The minimum Gasteiger partial charge on any atom is -0.314 e. The molecule has 6 heteroatoms. The number of piperazine rings is 1. The van der Waals surface area contributed by atoms with Crippen LogP contribution in [0.1, 0.15) is 12.5 Å². The summed E-state index contributed by atoms with van der Waals surface area (Å²) in [6, 6.07) is 5.04. The van der Waals surface area contributed by atoms with Gasteiger partial charge in [0.1, 0.15) is 4.90 Å². The fraction of sp³-hybridized carbons (Fsp3) is 0.500. The van der Waals surface area contributed by atoms with Crippen molar-refractivity contribution in [3.05, 3.63) is 28.8 Å². The standard InChI is InChI=1S/C12H17ClN2O2S/c1-9-4-3-5-11(12(9)13)18(16,17)15-7-6-14-8-10(15)2/h3-5,10,14H,6-8H2,1-2H3. The zero-order valence-corrected chi connectivity index (χ0v) is 12.1. The van der Waals surface area contributed by atoms with E-state index in [-0.39, 0.29) is 10.9 Å². The van der Waals surface area contributed by atoms with E-state index in [0.29, 0.717) is 24.7 Å². The third-order valence-electron chi connectivity index (χ3n) is 3.18. The zero-order chi connectivity index (χ0) is 13.3. The van der Waals surface area contributed by atoms with Gasteiger partial charge in [0.05, 0.1) is 5.02 Å². The lowest BCUT2D eigenvalue weighted by Gasteiger charge is -2.33. The van der Waals surface area contributed by atoms with Crippen molar-refractivity contribution in [1.82, 2.24) is 9.62 Å². The van der Waals surface area contributed by atoms with Gasteiger partial charge in [-0.05, 0) is 25.5 Å². The van der Waals surface area contributed by atoms with Crippen LogP contribution in [-0.2, 0) is 10.0 Å². The highest BCUT2D eigenvalue weighted by Crippen LogP contribution is 2.28. The Hall–Kier alpha value is -0.620. The summed E-state index contributed by atoms with van der Waals surface area (Å²) in [4.78, 5) is 0.206. The van der Waals surface area contributed by atoms with Crippen molar-refractivity contribution >= 4 is 21.6 Å². The average Bonchev–Trinajstić information content (AvgIpc) is 2.32. The molecule has 1 unspecified atom stereocenters. The molecule has 0 spiro atoms. The first-order chi connectivity index (χ1) is 8.44. The van der Waals surface area contributed by atoms with Crippen LogP contribution in [0.25, 0.3) is 0 Å². The zero-order valence-electron chi connectivity index (χ0n) is 10.5. The SMILES string of the molecule is Cc1cccc(S(=O)(=O)N2CCNCC2C)c1Cl. The molecule has 1 aliphatic rings. The Morgan fingerprint density at radius 1 is 1.44 bits per heavy atom. The van der Waals surface area contributed by atoms with E-state index in [2.05, 4.69) is 5.32 Å². The van der Waals surface area contributed by atoms with E-state index in [9.17, 15) is 8.42 Å². The number of hydrogen-bond donors (Lipinski definition) is 1. The molecule has 1 fully saturated rings. The highest BCUT2D eigenvalue weighted by atomic mass is 35.5. The van der Waals surface area contributed by atoms with Gasteiger partial charge in [-0.15, -0.1) is 0 Å². The second kappa shape index (κ2) is 5.17. The van der Waals surface area contributed by atoms with Crippen LogP contribution < -0.4 is 5.32 Å². The van der Waals surface area contributed by atoms with Crippen molar-refractivity contribution in [3.8, 4) is 0 Å². The van der Waals surface area contributed by atoms with E-state index in [1.807, 2.05) is 19.9 Å². The molecule has 1 atom stereocenters. The van der Waals surface area contributed by atoms with Crippen LogP contribution >= 0.6 is 11.6 Å². The number of sulfonamides is 1. The molecule has 1 aromatic rings. The number of benzene rings is 1. The maximum Gasteiger partial charge on any atom is 0.244 e. The average molecular weight is 289 g/mol. The Morgan fingerprint density at radius 2 is 2.17 bits per heavy atom. The molecule has 0 saturated carbocycles. The first-order valence-corrected chi connectivity index (χ1v) is 7.74. The fourth-order valence-corrected chi connectivity index (χ4v) is 4.31. The second-order valence-electron chi connectivity index (χ2n) is 4.56. The lowest BCUT2D eigenvalue weighted by atomic mass is 10.2. The normalized spacial score (nSPS) is 22.1. The Morgan fingerprint density at radius 3 is 2.83 bits per heavy atom. The number of rotatable bonds is 2. The van der Waals surface area contributed by atoms with Gasteiger partial charge < -0.3 is 5.32 Å². The molecule has 0 aliphatic carbocycles. The molecule has 0 radical (unpaired) electrons. The molecular weight excluding hydrogens is 272 g/mol. The summed E-state index contributed by atoms with van der Waals surface area (Å²) >= 11 is 6.12. The smallest absolute Gasteiger partial charge is 0.244 e. The summed E-state index contributed by atoms with van der Waals surface area (Å²) in [5.74, 6) is 0. The Kier molecular flexibility index (Phi) is 3.96. The molecule has 100 valence electrons. The van der Waals surface area contributed by atoms with E-state index < -0.39 is 10.0 Å². The van der Waals surface area contributed by atoms with Crippen molar-refractivity contribution in [2.24, 2.45) is 0 Å². The van der Waals surface area contributed by atoms with Gasteiger partial charge >= 0.3 is 0 Å². The van der Waals surface area contributed by atoms with Gasteiger partial charge in [0.25, 0.3) is 0 Å². The molecule has 0 bridgehead atoms. The van der Waals surface area contributed by atoms with Gasteiger partial charge in [-0.25, -0.2) is 8.42 Å². The Bertz CT molecular complexity index is 545. The Balaban J connectivity index is 2.44. The van der Waals surface area contributed by atoms with Gasteiger partial charge in [0, 0.05) is 25.7 Å². The monoisotopic (exact) mass is 288 g/mol. The van der Waals surface area contributed by atoms with Crippen LogP contribution in [-0.4, -0.2) is 38.4 Å². The third-order valence-corrected chi connectivity index (χ3v) is 5.85. The van der Waals surface area contributed by atoms with E-state index >= 15 is 0 Å². The molecular formula is C12H17ClN2O2S. The van der Waals surface area contributed by atoms with Crippen LogP contribution in [0.2, 0.25) is 5.02 Å². The second-order valence-corrected chi connectivity index (χ2v) is 6.79. The molecule has 2 rings (SSSR count). The molecule has 1 aliphatic heterocycles. The molecule has 1 N–H and O–H groups in total. The van der Waals surface area contributed by atoms with E-state index in [1.165, 1.54) is 4.31 Å². The van der Waals surface area contributed by atoms with Crippen LogP contribution in [0.3, 0.4) is 0 Å². The number of hydrogen-bond acceptors (Lipinski definition) is 3. The summed E-state index contributed by atoms with van der Waals surface area (Å²) in [6.45, 7) is 5.53. The molecule has 0 amide bonds. The lowest BCUT2D eigenvalue weighted by Crippen LogP contribution is -2.52. The molecule has 4 nitrogen and oxygen atoms in total. The first-order valence-electron chi connectivity index (χ1n) is 5.92. The van der Waals surface area contributed by atoms with E-state index in [1.54, 1.807) is 12.1 Å². The molecule has 18 heavy (non-hydrogen) atoms. The number of aryl methyl sites for hydroxylation is 1. The summed E-state index contributed by atoms with van der Waals surface area (Å²) in [5.41, 5.74) is 0.778. The highest BCUT2D eigenvalue weighted by molar-refractivity contribution is 7.89. The van der Waals surface area contributed by atoms with Gasteiger partial charge in [-0.3, -0.25) is 0 Å². The summed E-state index contributed by atoms with van der Waals surface area (Å²) in [5, 5.41) is 3.50. The summed E-state index contributed by atoms with van der Waals surface area (Å²) < 4.78 is 26.7. The van der Waals surface area contributed by atoms with Crippen molar-refractivity contribution < 1.29 is 8.42 Å². The van der Waals surface area contributed by atoms with Gasteiger partial charge in [0.15, 0.2) is 0 Å². The van der Waals surface area contributed by atoms with E-state index in [4.69, 9.17) is 11.6 Å². The van der Waals surface area contributed by atoms with Crippen LogP contribution in [0, 0.1) is 6.92 Å². The number of nitrogens with one attached hydrogen (secondary N) is 1. The number of halogens is 1. The van der Waals surface area contributed by atoms with Crippen LogP contribution in [0.5, 0.6) is 0 Å². The maximum atomic E-state index is 12.6. The maximum absolute atomic E-state index is 12.6. The first kappa shape index (κ1) is 13.8. The molecule has 0 aromatic heterocycles. The van der Waals surface area contributed by atoms with Crippen molar-refractivity contribution in [1.29, 1.82) is 0 Å². The minimum atomic E-state index is -3.50. The van der Waals surface area contributed by atoms with Crippen LogP contribution in [0.15, 0.2) is 23.1 Å². The largest absolute Gasteiger partial charge is 0.314 e. The summed E-state index contributed by atoms with van der Waals surface area (Å²) in [6.07, 6.45) is 0. The van der Waals surface area contributed by atoms with Gasteiger partial charge in [-0.2, -0.15) is 4.31 Å². The molecule has 1 saturated heterocycles. The highest BCUT2D eigenvalue weighted by Gasteiger charge is 2.32. The van der Waals surface area contributed by atoms with Crippen LogP contribution in [0.4, 0.5) is 0 Å². The fourth-order valence-electron chi connectivity index (χ4n) is 2.13. The molecule has 1 heterocycles. The molecule has 1 aromatic carbocycles. The Labute approximate surface area is 113 Å². The lowest BCUT2D eigenvalue weighted by molar-refractivity contribution is 0.284.